The summed E-state index contributed by atoms with van der Waals surface area (Å²) in [5, 5.41) is 0. The average Bonchev–Trinajstić information content (AvgIpc) is 2.40. The molecular weight excluding hydrogens is 190 g/mol. The molecule has 0 aromatic heterocycles. The summed E-state index contributed by atoms with van der Waals surface area (Å²) in [5.74, 6) is 0. The Morgan fingerprint density at radius 2 is 2.07 bits per heavy atom. The van der Waals surface area contributed by atoms with Crippen LogP contribution in [0.3, 0.4) is 0 Å². The molecule has 3 heteroatoms. The molecule has 1 atom stereocenters. The number of para-hydroxylation sites is 1. The van der Waals surface area contributed by atoms with E-state index in [1.54, 1.807) is 4.90 Å². The number of benzene rings is 1. The molecule has 0 saturated carbocycles. The van der Waals surface area contributed by atoms with Crippen LogP contribution in [-0.2, 0) is 4.74 Å². The zero-order valence-electron chi connectivity index (χ0n) is 8.59. The van der Waals surface area contributed by atoms with Crippen molar-refractivity contribution in [2.45, 2.75) is 13.0 Å². The van der Waals surface area contributed by atoms with Gasteiger partial charge in [-0.15, -0.1) is 0 Å². The first-order chi connectivity index (χ1) is 7.27. The van der Waals surface area contributed by atoms with Gasteiger partial charge in [0.2, 0.25) is 0 Å². The molecule has 0 bridgehead atoms. The van der Waals surface area contributed by atoms with Crippen molar-refractivity contribution in [2.75, 3.05) is 11.4 Å². The highest BCUT2D eigenvalue weighted by Gasteiger charge is 2.19. The van der Waals surface area contributed by atoms with Crippen LogP contribution < -0.4 is 4.90 Å². The van der Waals surface area contributed by atoms with Gasteiger partial charge in [-0.25, -0.2) is 4.79 Å². The Kier molecular flexibility index (Phi) is 2.72. The number of cyclic esters (lactones) is 1. The van der Waals surface area contributed by atoms with Crippen molar-refractivity contribution in [1.82, 2.24) is 0 Å². The number of carbonyl (C=O) groups excluding carboxylic acids is 1. The van der Waals surface area contributed by atoms with Gasteiger partial charge in [-0.05, 0) is 25.1 Å². The number of nitrogens with zero attached hydrogens (tertiary/aromatic N) is 1. The maximum Gasteiger partial charge on any atom is 0.415 e. The highest BCUT2D eigenvalue weighted by molar-refractivity contribution is 5.88. The van der Waals surface area contributed by atoms with E-state index in [-0.39, 0.29) is 12.2 Å². The number of amides is 1. The Labute approximate surface area is 89.0 Å². The van der Waals surface area contributed by atoms with Gasteiger partial charge in [0.1, 0.15) is 6.10 Å². The van der Waals surface area contributed by atoms with Gasteiger partial charge in [0.15, 0.2) is 0 Å². The SMILES string of the molecule is CC1C=CCN(c2ccccc2)C(=O)O1. The molecule has 0 spiro atoms. The van der Waals surface area contributed by atoms with Crippen LogP contribution in [0.4, 0.5) is 10.5 Å². The summed E-state index contributed by atoms with van der Waals surface area (Å²) in [7, 11) is 0. The molecule has 78 valence electrons. The minimum Gasteiger partial charge on any atom is -0.442 e. The highest BCUT2D eigenvalue weighted by Crippen LogP contribution is 2.17. The summed E-state index contributed by atoms with van der Waals surface area (Å²) in [6.07, 6.45) is 3.40. The van der Waals surface area contributed by atoms with Crippen molar-refractivity contribution in [2.24, 2.45) is 0 Å². The van der Waals surface area contributed by atoms with Crippen LogP contribution in [0.1, 0.15) is 6.92 Å². The van der Waals surface area contributed by atoms with E-state index in [1.807, 2.05) is 49.4 Å². The Hall–Kier alpha value is -1.77. The minimum atomic E-state index is -0.293. The quantitative estimate of drug-likeness (QED) is 0.656. The summed E-state index contributed by atoms with van der Waals surface area (Å²) >= 11 is 0. The third kappa shape index (κ3) is 2.18. The van der Waals surface area contributed by atoms with Crippen LogP contribution in [0.2, 0.25) is 0 Å². The second-order valence-corrected chi connectivity index (χ2v) is 3.46. The lowest BCUT2D eigenvalue weighted by Gasteiger charge is -2.19. The smallest absolute Gasteiger partial charge is 0.415 e. The molecule has 1 amide bonds. The van der Waals surface area contributed by atoms with Crippen molar-refractivity contribution in [3.05, 3.63) is 42.5 Å². The van der Waals surface area contributed by atoms with Gasteiger partial charge in [0.05, 0.1) is 0 Å². The number of rotatable bonds is 1. The molecule has 0 N–H and O–H groups in total. The van der Waals surface area contributed by atoms with E-state index in [0.29, 0.717) is 6.54 Å². The molecule has 1 aliphatic heterocycles. The van der Waals surface area contributed by atoms with Crippen molar-refractivity contribution in [3.8, 4) is 0 Å². The lowest BCUT2D eigenvalue weighted by atomic mass is 10.3. The Balaban J connectivity index is 2.23. The predicted molar refractivity (Wildman–Crippen MR) is 58.9 cm³/mol. The van der Waals surface area contributed by atoms with Crippen LogP contribution in [0, 0.1) is 0 Å². The third-order valence-electron chi connectivity index (χ3n) is 2.27. The zero-order valence-corrected chi connectivity index (χ0v) is 8.59. The van der Waals surface area contributed by atoms with E-state index in [2.05, 4.69) is 0 Å². The molecule has 15 heavy (non-hydrogen) atoms. The summed E-state index contributed by atoms with van der Waals surface area (Å²) < 4.78 is 5.18. The first-order valence-corrected chi connectivity index (χ1v) is 4.97. The monoisotopic (exact) mass is 203 g/mol. The van der Waals surface area contributed by atoms with Crippen LogP contribution in [0.15, 0.2) is 42.5 Å². The number of hydrogen-bond donors (Lipinski definition) is 0. The van der Waals surface area contributed by atoms with Crippen molar-refractivity contribution in [3.63, 3.8) is 0 Å². The van der Waals surface area contributed by atoms with E-state index in [0.717, 1.165) is 5.69 Å². The van der Waals surface area contributed by atoms with Gasteiger partial charge < -0.3 is 4.74 Å². The van der Waals surface area contributed by atoms with Crippen LogP contribution in [0.25, 0.3) is 0 Å². The van der Waals surface area contributed by atoms with Crippen LogP contribution >= 0.6 is 0 Å². The lowest BCUT2D eigenvalue weighted by Crippen LogP contribution is -2.31. The van der Waals surface area contributed by atoms with Crippen molar-refractivity contribution >= 4 is 11.8 Å². The van der Waals surface area contributed by atoms with Gasteiger partial charge in [-0.3, -0.25) is 4.90 Å². The lowest BCUT2D eigenvalue weighted by molar-refractivity contribution is 0.137. The van der Waals surface area contributed by atoms with E-state index >= 15 is 0 Å². The van der Waals surface area contributed by atoms with Gasteiger partial charge in [0, 0.05) is 12.2 Å². The highest BCUT2D eigenvalue weighted by atomic mass is 16.6. The molecule has 1 aromatic rings. The van der Waals surface area contributed by atoms with E-state index < -0.39 is 0 Å². The maximum absolute atomic E-state index is 11.7. The van der Waals surface area contributed by atoms with Gasteiger partial charge in [-0.2, -0.15) is 0 Å². The Bertz CT molecular complexity index is 372. The third-order valence-corrected chi connectivity index (χ3v) is 2.27. The van der Waals surface area contributed by atoms with Crippen LogP contribution in [-0.4, -0.2) is 18.7 Å². The molecule has 0 aliphatic carbocycles. The summed E-state index contributed by atoms with van der Waals surface area (Å²) in [6, 6.07) is 9.52. The molecule has 0 fully saturated rings. The molecule has 1 aliphatic rings. The number of carbonyl (C=O) groups is 1. The second kappa shape index (κ2) is 4.17. The van der Waals surface area contributed by atoms with Gasteiger partial charge in [-0.1, -0.05) is 24.3 Å². The predicted octanol–water partition coefficient (Wildman–Crippen LogP) is 2.59. The zero-order chi connectivity index (χ0) is 10.7. The fraction of sp³-hybridized carbons (Fsp3) is 0.250. The van der Waals surface area contributed by atoms with E-state index in [4.69, 9.17) is 4.74 Å². The molecule has 1 aromatic carbocycles. The fourth-order valence-electron chi connectivity index (χ4n) is 1.51. The van der Waals surface area contributed by atoms with E-state index in [9.17, 15) is 4.79 Å². The van der Waals surface area contributed by atoms with Crippen molar-refractivity contribution in [1.29, 1.82) is 0 Å². The molecule has 3 nitrogen and oxygen atoms in total. The summed E-state index contributed by atoms with van der Waals surface area (Å²) in [5.41, 5.74) is 0.862. The summed E-state index contributed by atoms with van der Waals surface area (Å²) in [6.45, 7) is 2.41. The molecule has 0 saturated heterocycles. The van der Waals surface area contributed by atoms with Gasteiger partial charge in [0.25, 0.3) is 0 Å². The topological polar surface area (TPSA) is 29.5 Å². The standard InChI is InChI=1S/C12H13NO2/c1-10-6-5-9-13(12(14)15-10)11-7-3-2-4-8-11/h2-8,10H,9H2,1H3. The maximum atomic E-state index is 11.7. The van der Waals surface area contributed by atoms with Gasteiger partial charge >= 0.3 is 6.09 Å². The van der Waals surface area contributed by atoms with E-state index in [1.165, 1.54) is 0 Å². The largest absolute Gasteiger partial charge is 0.442 e. The minimum absolute atomic E-state index is 0.147. The average molecular weight is 203 g/mol. The summed E-state index contributed by atoms with van der Waals surface area (Å²) in [4.78, 5) is 13.3. The van der Waals surface area contributed by atoms with Crippen LogP contribution in [0.5, 0.6) is 0 Å². The fourth-order valence-corrected chi connectivity index (χ4v) is 1.51. The molecule has 0 radical (unpaired) electrons. The number of ether oxygens (including phenoxy) is 1. The second-order valence-electron chi connectivity index (χ2n) is 3.46. The molecule has 2 rings (SSSR count). The number of hydrogen-bond acceptors (Lipinski definition) is 2. The first-order valence-electron chi connectivity index (χ1n) is 4.97. The Morgan fingerprint density at radius 1 is 1.33 bits per heavy atom. The van der Waals surface area contributed by atoms with Crippen molar-refractivity contribution < 1.29 is 9.53 Å². The molecule has 1 unspecified atom stereocenters. The number of anilines is 1. The first kappa shape index (κ1) is 9.77. The molecule has 1 heterocycles. The molecular formula is C12H13NO2. The Morgan fingerprint density at radius 3 is 2.80 bits per heavy atom. The normalized spacial score (nSPS) is 21.0.